The number of carbonyl (C=O) groups is 1. The van der Waals surface area contributed by atoms with Crippen molar-refractivity contribution in [2.45, 2.75) is 219 Å². The Kier molecular flexibility index (Phi) is 33.9. The van der Waals surface area contributed by atoms with Gasteiger partial charge in [0.05, 0.1) is 18.8 Å². The summed E-state index contributed by atoms with van der Waals surface area (Å²) in [5, 5.41) is 23.0. The zero-order valence-corrected chi connectivity index (χ0v) is 28.5. The monoisotopic (exact) mass is 594 g/mol. The van der Waals surface area contributed by atoms with Crippen LogP contribution in [0.5, 0.6) is 0 Å². The van der Waals surface area contributed by atoms with Crippen molar-refractivity contribution in [3.05, 3.63) is 12.2 Å². The van der Waals surface area contributed by atoms with Crippen LogP contribution in [0, 0.1) is 0 Å². The van der Waals surface area contributed by atoms with Gasteiger partial charge in [0.25, 0.3) is 0 Å². The molecule has 0 aliphatic heterocycles. The highest BCUT2D eigenvalue weighted by Crippen LogP contribution is 2.15. The number of rotatable bonds is 34. The molecule has 0 aromatic carbocycles. The predicted molar refractivity (Wildman–Crippen MR) is 184 cm³/mol. The van der Waals surface area contributed by atoms with Crippen molar-refractivity contribution >= 4 is 5.91 Å². The van der Waals surface area contributed by atoms with E-state index >= 15 is 0 Å². The molecule has 0 fully saturated rings. The first kappa shape index (κ1) is 41.1. The maximum atomic E-state index is 12.3. The number of aliphatic hydroxyl groups is 2. The van der Waals surface area contributed by atoms with Crippen molar-refractivity contribution in [2.24, 2.45) is 0 Å². The molecule has 0 saturated carbocycles. The van der Waals surface area contributed by atoms with E-state index in [-0.39, 0.29) is 12.5 Å². The first-order valence-corrected chi connectivity index (χ1v) is 18.9. The predicted octanol–water partition coefficient (Wildman–Crippen LogP) is 11.1. The van der Waals surface area contributed by atoms with Crippen LogP contribution in [0.25, 0.3) is 0 Å². The van der Waals surface area contributed by atoms with Crippen LogP contribution >= 0.6 is 0 Å². The molecule has 0 aromatic heterocycles. The average Bonchev–Trinajstić information content (AvgIpc) is 2.99. The van der Waals surface area contributed by atoms with E-state index in [4.69, 9.17) is 0 Å². The van der Waals surface area contributed by atoms with Crippen molar-refractivity contribution in [1.82, 2.24) is 5.32 Å². The summed E-state index contributed by atoms with van der Waals surface area (Å²) >= 11 is 0. The first-order chi connectivity index (χ1) is 20.7. The molecule has 0 unspecified atom stereocenters. The summed E-state index contributed by atoms with van der Waals surface area (Å²) in [6.07, 6.45) is 41.2. The van der Waals surface area contributed by atoms with E-state index in [9.17, 15) is 15.0 Å². The molecule has 0 bridgehead atoms. The zero-order valence-electron chi connectivity index (χ0n) is 28.5. The number of aliphatic hydroxyl groups excluding tert-OH is 2. The van der Waals surface area contributed by atoms with Crippen molar-refractivity contribution < 1.29 is 15.0 Å². The van der Waals surface area contributed by atoms with Gasteiger partial charge in [-0.3, -0.25) is 4.79 Å². The summed E-state index contributed by atoms with van der Waals surface area (Å²) in [6, 6.07) is -0.531. The van der Waals surface area contributed by atoms with Crippen molar-refractivity contribution in [3.63, 3.8) is 0 Å². The fourth-order valence-electron chi connectivity index (χ4n) is 5.82. The summed E-state index contributed by atoms with van der Waals surface area (Å²) in [7, 11) is 0. The molecule has 0 aliphatic rings. The smallest absolute Gasteiger partial charge is 0.220 e. The molecule has 42 heavy (non-hydrogen) atoms. The van der Waals surface area contributed by atoms with Gasteiger partial charge in [-0.25, -0.2) is 0 Å². The van der Waals surface area contributed by atoms with Gasteiger partial charge in [-0.1, -0.05) is 174 Å². The Morgan fingerprint density at radius 2 is 0.905 bits per heavy atom. The quantitative estimate of drug-likeness (QED) is 0.0513. The van der Waals surface area contributed by atoms with Crippen LogP contribution in [0.4, 0.5) is 0 Å². The highest BCUT2D eigenvalue weighted by Gasteiger charge is 2.19. The molecule has 0 saturated heterocycles. The molecule has 250 valence electrons. The Bertz CT molecular complexity index is 565. The lowest BCUT2D eigenvalue weighted by Gasteiger charge is -2.22. The Labute approximate surface area is 263 Å². The molecule has 0 radical (unpaired) electrons. The molecule has 0 heterocycles. The molecule has 0 rings (SSSR count). The van der Waals surface area contributed by atoms with E-state index in [1.54, 1.807) is 0 Å². The van der Waals surface area contributed by atoms with E-state index in [1.807, 2.05) is 0 Å². The summed E-state index contributed by atoms with van der Waals surface area (Å²) in [4.78, 5) is 12.3. The molecule has 4 nitrogen and oxygen atoms in total. The zero-order chi connectivity index (χ0) is 30.8. The third-order valence-electron chi connectivity index (χ3n) is 8.78. The Morgan fingerprint density at radius 1 is 0.548 bits per heavy atom. The van der Waals surface area contributed by atoms with Gasteiger partial charge in [-0.05, 0) is 38.5 Å². The SMILES string of the molecule is CCCCCCCC/C=C/CCCCCCCCCCCC(=O)N[C@@H](CO)[C@H](O)CCCCCCCCCCCCC. The summed E-state index contributed by atoms with van der Waals surface area (Å²) < 4.78 is 0. The number of carbonyl (C=O) groups excluding carboxylic acids is 1. The van der Waals surface area contributed by atoms with Crippen LogP contribution < -0.4 is 5.32 Å². The molecule has 0 aromatic rings. The lowest BCUT2D eigenvalue weighted by molar-refractivity contribution is -0.123. The van der Waals surface area contributed by atoms with Crippen LogP contribution in [0.2, 0.25) is 0 Å². The normalized spacial score (nSPS) is 13.1. The Morgan fingerprint density at radius 3 is 1.31 bits per heavy atom. The van der Waals surface area contributed by atoms with Gasteiger partial charge < -0.3 is 15.5 Å². The number of unbranched alkanes of at least 4 members (excludes halogenated alkanes) is 25. The number of hydrogen-bond acceptors (Lipinski definition) is 3. The van der Waals surface area contributed by atoms with Crippen LogP contribution in [-0.4, -0.2) is 34.9 Å². The number of allylic oxidation sites excluding steroid dienone is 2. The van der Waals surface area contributed by atoms with E-state index in [0.29, 0.717) is 12.8 Å². The molecule has 1 amide bonds. The Balaban J connectivity index is 3.52. The van der Waals surface area contributed by atoms with E-state index in [0.717, 1.165) is 25.7 Å². The maximum absolute atomic E-state index is 12.3. The van der Waals surface area contributed by atoms with Gasteiger partial charge in [-0.2, -0.15) is 0 Å². The van der Waals surface area contributed by atoms with Crippen molar-refractivity contribution in [2.75, 3.05) is 6.61 Å². The summed E-state index contributed by atoms with van der Waals surface area (Å²) in [5.74, 6) is -0.0342. The fourth-order valence-corrected chi connectivity index (χ4v) is 5.82. The van der Waals surface area contributed by atoms with E-state index in [1.165, 1.54) is 154 Å². The first-order valence-electron chi connectivity index (χ1n) is 18.9. The minimum Gasteiger partial charge on any atom is -0.394 e. The Hall–Kier alpha value is -0.870. The molecule has 4 heteroatoms. The largest absolute Gasteiger partial charge is 0.394 e. The van der Waals surface area contributed by atoms with Crippen LogP contribution in [0.1, 0.15) is 206 Å². The highest BCUT2D eigenvalue weighted by atomic mass is 16.3. The highest BCUT2D eigenvalue weighted by molar-refractivity contribution is 5.76. The molecule has 2 atom stereocenters. The molecule has 0 spiro atoms. The standard InChI is InChI=1S/C38H75NO3/c1-3-5-7-9-11-13-15-16-17-18-19-20-21-22-24-26-28-30-32-34-38(42)39-36(35-40)37(41)33-31-29-27-25-23-14-12-10-8-6-4-2/h16-17,36-37,40-41H,3-15,18-35H2,1-2H3,(H,39,42)/b17-16+/t36-,37+/m0/s1. The summed E-state index contributed by atoms with van der Waals surface area (Å²) in [6.45, 7) is 4.34. The molecular weight excluding hydrogens is 518 g/mol. The van der Waals surface area contributed by atoms with Crippen molar-refractivity contribution in [1.29, 1.82) is 0 Å². The molecule has 3 N–H and O–H groups in total. The van der Waals surface area contributed by atoms with Gasteiger partial charge in [0, 0.05) is 6.42 Å². The third-order valence-corrected chi connectivity index (χ3v) is 8.78. The summed E-state index contributed by atoms with van der Waals surface area (Å²) in [5.41, 5.74) is 0. The second-order valence-electron chi connectivity index (χ2n) is 13.0. The number of nitrogens with one attached hydrogen (secondary N) is 1. The second kappa shape index (κ2) is 34.6. The molecular formula is C38H75NO3. The minimum atomic E-state index is -0.654. The lowest BCUT2D eigenvalue weighted by Crippen LogP contribution is -2.45. The van der Waals surface area contributed by atoms with Crippen LogP contribution in [0.3, 0.4) is 0 Å². The van der Waals surface area contributed by atoms with E-state index in [2.05, 4.69) is 31.3 Å². The van der Waals surface area contributed by atoms with Crippen molar-refractivity contribution in [3.8, 4) is 0 Å². The van der Waals surface area contributed by atoms with Gasteiger partial charge in [0.1, 0.15) is 0 Å². The van der Waals surface area contributed by atoms with Crippen LogP contribution in [-0.2, 0) is 4.79 Å². The third kappa shape index (κ3) is 30.6. The minimum absolute atomic E-state index is 0.0342. The average molecular weight is 594 g/mol. The van der Waals surface area contributed by atoms with Gasteiger partial charge >= 0.3 is 0 Å². The fraction of sp³-hybridized carbons (Fsp3) is 0.921. The lowest BCUT2D eigenvalue weighted by atomic mass is 10.0. The molecule has 0 aliphatic carbocycles. The van der Waals surface area contributed by atoms with Crippen LogP contribution in [0.15, 0.2) is 12.2 Å². The second-order valence-corrected chi connectivity index (χ2v) is 13.0. The van der Waals surface area contributed by atoms with Gasteiger partial charge in [-0.15, -0.1) is 0 Å². The number of amides is 1. The topological polar surface area (TPSA) is 69.6 Å². The van der Waals surface area contributed by atoms with Gasteiger partial charge in [0.2, 0.25) is 5.91 Å². The van der Waals surface area contributed by atoms with Gasteiger partial charge in [0.15, 0.2) is 0 Å². The van der Waals surface area contributed by atoms with E-state index < -0.39 is 12.1 Å². The number of hydrogen-bond donors (Lipinski definition) is 3. The maximum Gasteiger partial charge on any atom is 0.220 e.